The van der Waals surface area contributed by atoms with E-state index in [1.54, 1.807) is 7.05 Å². The molecule has 0 bridgehead atoms. The largest absolute Gasteiger partial charge is 0.290 e. The topological polar surface area (TPSA) is 92.8 Å². The van der Waals surface area contributed by atoms with Crippen molar-refractivity contribution in [2.24, 2.45) is 7.05 Å². The Morgan fingerprint density at radius 2 is 2.27 bits per heavy atom. The van der Waals surface area contributed by atoms with Crippen molar-refractivity contribution in [1.29, 1.82) is 5.26 Å². The van der Waals surface area contributed by atoms with Crippen LogP contribution in [0.25, 0.3) is 0 Å². The van der Waals surface area contributed by atoms with Crippen LogP contribution in [-0.4, -0.2) is 35.5 Å². The minimum atomic E-state index is -3.71. The lowest BCUT2D eigenvalue weighted by atomic mass is 10.2. The van der Waals surface area contributed by atoms with Gasteiger partial charge in [-0.25, -0.2) is 8.42 Å². The monoisotopic (exact) mass is 227 g/mol. The van der Waals surface area contributed by atoms with Crippen molar-refractivity contribution in [3.63, 3.8) is 0 Å². The number of nitriles is 1. The number of hydrogen-bond acceptors (Lipinski definition) is 5. The van der Waals surface area contributed by atoms with Gasteiger partial charge in [-0.3, -0.25) is 9.48 Å². The molecule has 0 spiro atoms. The summed E-state index contributed by atoms with van der Waals surface area (Å²) in [5, 5.41) is 10.7. The number of carbonyl (C=O) groups is 1. The first kappa shape index (κ1) is 11.4. The van der Waals surface area contributed by atoms with E-state index in [-0.39, 0.29) is 5.69 Å². The van der Waals surface area contributed by atoms with Gasteiger partial charge < -0.3 is 0 Å². The third kappa shape index (κ3) is 2.41. The molecule has 0 aliphatic carbocycles. The molecular weight excluding hydrogens is 218 g/mol. The van der Waals surface area contributed by atoms with Crippen LogP contribution < -0.4 is 0 Å². The SMILES string of the molecule is Cn1ccc(C(=O)C(C#N)S(C)(=O)=O)n1. The van der Waals surface area contributed by atoms with Crippen LogP contribution >= 0.6 is 0 Å². The molecule has 80 valence electrons. The highest BCUT2D eigenvalue weighted by Crippen LogP contribution is 2.07. The number of rotatable bonds is 3. The molecule has 15 heavy (non-hydrogen) atoms. The van der Waals surface area contributed by atoms with Gasteiger partial charge in [0.15, 0.2) is 9.84 Å². The molecule has 1 heterocycles. The number of aryl methyl sites for hydroxylation is 1. The molecule has 1 aromatic heterocycles. The summed E-state index contributed by atoms with van der Waals surface area (Å²) in [7, 11) is -2.12. The standard InChI is InChI=1S/C8H9N3O3S/c1-11-4-3-6(10-11)8(12)7(5-9)15(2,13)14/h3-4,7H,1-2H3. The van der Waals surface area contributed by atoms with E-state index < -0.39 is 20.9 Å². The molecule has 0 aliphatic heterocycles. The van der Waals surface area contributed by atoms with Crippen LogP contribution in [0.5, 0.6) is 0 Å². The maximum atomic E-state index is 11.6. The third-order valence-corrected chi connectivity index (χ3v) is 2.93. The first-order chi connectivity index (χ1) is 6.86. The number of Topliss-reactive ketones (excluding diaryl/α,β-unsaturated/α-hetero) is 1. The summed E-state index contributed by atoms with van der Waals surface area (Å²) in [4.78, 5) is 11.6. The van der Waals surface area contributed by atoms with Gasteiger partial charge in [-0.2, -0.15) is 10.4 Å². The Morgan fingerprint density at radius 3 is 2.60 bits per heavy atom. The molecule has 0 amide bonds. The van der Waals surface area contributed by atoms with Gasteiger partial charge in [-0.15, -0.1) is 0 Å². The fourth-order valence-corrected chi connectivity index (χ4v) is 1.73. The Bertz CT molecular complexity index is 524. The summed E-state index contributed by atoms with van der Waals surface area (Å²) in [5.41, 5.74) is -0.0190. The summed E-state index contributed by atoms with van der Waals surface area (Å²) in [6.45, 7) is 0. The lowest BCUT2D eigenvalue weighted by Gasteiger charge is -2.02. The number of hydrogen-bond donors (Lipinski definition) is 0. The first-order valence-corrected chi connectivity index (χ1v) is 5.94. The molecule has 0 fully saturated rings. The van der Waals surface area contributed by atoms with Crippen LogP contribution in [0.4, 0.5) is 0 Å². The van der Waals surface area contributed by atoms with Crippen LogP contribution in [0.15, 0.2) is 12.3 Å². The zero-order valence-electron chi connectivity index (χ0n) is 8.21. The molecule has 1 aromatic rings. The predicted octanol–water partition coefficient (Wildman–Crippen LogP) is -0.460. The Hall–Kier alpha value is -1.68. The summed E-state index contributed by atoms with van der Waals surface area (Å²) in [5.74, 6) is -0.791. The van der Waals surface area contributed by atoms with Gasteiger partial charge in [0.05, 0.1) is 6.07 Å². The van der Waals surface area contributed by atoms with Crippen molar-refractivity contribution in [2.45, 2.75) is 5.25 Å². The van der Waals surface area contributed by atoms with Gasteiger partial charge in [-0.1, -0.05) is 0 Å². The van der Waals surface area contributed by atoms with E-state index in [0.717, 1.165) is 6.26 Å². The molecule has 0 saturated heterocycles. The second-order valence-electron chi connectivity index (χ2n) is 3.08. The average Bonchev–Trinajstić information content (AvgIpc) is 2.50. The van der Waals surface area contributed by atoms with Crippen molar-refractivity contribution in [3.8, 4) is 6.07 Å². The Labute approximate surface area is 87.0 Å². The molecule has 1 atom stereocenters. The van der Waals surface area contributed by atoms with Crippen LogP contribution in [-0.2, 0) is 16.9 Å². The molecule has 0 radical (unpaired) electrons. The van der Waals surface area contributed by atoms with E-state index in [4.69, 9.17) is 5.26 Å². The molecule has 0 aliphatic rings. The molecule has 0 aromatic carbocycles. The van der Waals surface area contributed by atoms with E-state index in [1.165, 1.54) is 23.0 Å². The van der Waals surface area contributed by atoms with E-state index in [0.29, 0.717) is 0 Å². The van der Waals surface area contributed by atoms with Crippen LogP contribution in [0.1, 0.15) is 10.5 Å². The van der Waals surface area contributed by atoms with Gasteiger partial charge in [0, 0.05) is 19.5 Å². The maximum absolute atomic E-state index is 11.6. The van der Waals surface area contributed by atoms with E-state index in [1.807, 2.05) is 0 Å². The summed E-state index contributed by atoms with van der Waals surface area (Å²) < 4.78 is 23.6. The number of ketones is 1. The third-order valence-electron chi connectivity index (χ3n) is 1.75. The minimum absolute atomic E-state index is 0.0190. The highest BCUT2D eigenvalue weighted by atomic mass is 32.2. The molecule has 0 saturated carbocycles. The zero-order valence-corrected chi connectivity index (χ0v) is 9.02. The first-order valence-electron chi connectivity index (χ1n) is 3.98. The maximum Gasteiger partial charge on any atom is 0.215 e. The number of aromatic nitrogens is 2. The summed E-state index contributed by atoms with van der Waals surface area (Å²) in [6.07, 6.45) is 2.35. The molecule has 7 heteroatoms. The van der Waals surface area contributed by atoms with Crippen molar-refractivity contribution < 1.29 is 13.2 Å². The smallest absolute Gasteiger partial charge is 0.215 e. The molecule has 1 rings (SSSR count). The van der Waals surface area contributed by atoms with Crippen LogP contribution in [0.3, 0.4) is 0 Å². The van der Waals surface area contributed by atoms with Crippen molar-refractivity contribution >= 4 is 15.6 Å². The van der Waals surface area contributed by atoms with Gasteiger partial charge in [-0.05, 0) is 6.07 Å². The second-order valence-corrected chi connectivity index (χ2v) is 5.21. The lowest BCUT2D eigenvalue weighted by molar-refractivity contribution is 0.0995. The Kier molecular flexibility index (Phi) is 2.90. The second kappa shape index (κ2) is 3.82. The lowest BCUT2D eigenvalue weighted by Crippen LogP contribution is -2.28. The zero-order chi connectivity index (χ0) is 11.6. The quantitative estimate of drug-likeness (QED) is 0.651. The van der Waals surface area contributed by atoms with Crippen molar-refractivity contribution in [3.05, 3.63) is 18.0 Å². The molecule has 1 unspecified atom stereocenters. The van der Waals surface area contributed by atoms with Gasteiger partial charge >= 0.3 is 0 Å². The predicted molar refractivity (Wildman–Crippen MR) is 51.8 cm³/mol. The number of nitrogens with zero attached hydrogens (tertiary/aromatic N) is 3. The fourth-order valence-electron chi connectivity index (χ4n) is 1.03. The average molecular weight is 227 g/mol. The van der Waals surface area contributed by atoms with Gasteiger partial charge in [0.2, 0.25) is 11.0 Å². The van der Waals surface area contributed by atoms with E-state index >= 15 is 0 Å². The van der Waals surface area contributed by atoms with Crippen LogP contribution in [0, 0.1) is 11.3 Å². The summed E-state index contributed by atoms with van der Waals surface area (Å²) in [6, 6.07) is 2.84. The molecular formula is C8H9N3O3S. The van der Waals surface area contributed by atoms with Crippen molar-refractivity contribution in [1.82, 2.24) is 9.78 Å². The Morgan fingerprint density at radius 1 is 1.67 bits per heavy atom. The summed E-state index contributed by atoms with van der Waals surface area (Å²) >= 11 is 0. The number of carbonyl (C=O) groups excluding carboxylic acids is 1. The normalized spacial score (nSPS) is 13.1. The number of sulfone groups is 1. The highest BCUT2D eigenvalue weighted by Gasteiger charge is 2.30. The van der Waals surface area contributed by atoms with Gasteiger partial charge in [0.1, 0.15) is 5.69 Å². The Balaban J connectivity index is 3.10. The van der Waals surface area contributed by atoms with Crippen molar-refractivity contribution in [2.75, 3.05) is 6.26 Å². The molecule has 6 nitrogen and oxygen atoms in total. The molecule has 0 N–H and O–H groups in total. The minimum Gasteiger partial charge on any atom is -0.290 e. The fraction of sp³-hybridized carbons (Fsp3) is 0.375. The van der Waals surface area contributed by atoms with Crippen LogP contribution in [0.2, 0.25) is 0 Å². The van der Waals surface area contributed by atoms with E-state index in [2.05, 4.69) is 5.10 Å². The highest BCUT2D eigenvalue weighted by molar-refractivity contribution is 7.92. The van der Waals surface area contributed by atoms with Gasteiger partial charge in [0.25, 0.3) is 0 Å². The van der Waals surface area contributed by atoms with E-state index in [9.17, 15) is 13.2 Å².